The van der Waals surface area contributed by atoms with Gasteiger partial charge in [0.1, 0.15) is 17.4 Å². The van der Waals surface area contributed by atoms with Gasteiger partial charge in [-0.25, -0.2) is 0 Å². The summed E-state index contributed by atoms with van der Waals surface area (Å²) in [5.74, 6) is -0.571. The summed E-state index contributed by atoms with van der Waals surface area (Å²) in [5, 5.41) is 12.1. The van der Waals surface area contributed by atoms with E-state index < -0.39 is 11.8 Å². The number of nitriles is 1. The van der Waals surface area contributed by atoms with E-state index in [0.717, 1.165) is 11.1 Å². The number of ether oxygens (including phenoxy) is 1. The molecule has 6 nitrogen and oxygen atoms in total. The second kappa shape index (κ2) is 8.49. The zero-order chi connectivity index (χ0) is 19.1. The molecule has 2 aromatic carbocycles. The van der Waals surface area contributed by atoms with Crippen LogP contribution < -0.4 is 15.8 Å². The van der Waals surface area contributed by atoms with Gasteiger partial charge in [0.2, 0.25) is 0 Å². The molecule has 0 saturated carbocycles. The molecule has 0 fully saturated rings. The molecular weight excluding hydrogens is 330 g/mol. The van der Waals surface area contributed by atoms with E-state index >= 15 is 0 Å². The molecule has 2 rings (SSSR count). The number of hydrogen-bond acceptors (Lipinski definition) is 4. The summed E-state index contributed by atoms with van der Waals surface area (Å²) in [7, 11) is 0. The van der Waals surface area contributed by atoms with E-state index in [4.69, 9.17) is 10.5 Å². The number of nitrogens with one attached hydrogen (secondary N) is 1. The van der Waals surface area contributed by atoms with E-state index in [1.165, 1.54) is 6.08 Å². The van der Waals surface area contributed by atoms with Gasteiger partial charge in [-0.05, 0) is 54.8 Å². The summed E-state index contributed by atoms with van der Waals surface area (Å²) in [4.78, 5) is 23.1. The van der Waals surface area contributed by atoms with Gasteiger partial charge in [0.15, 0.2) is 6.61 Å². The Morgan fingerprint density at radius 2 is 1.88 bits per heavy atom. The molecular formula is C20H19N3O3. The number of nitrogens with zero attached hydrogens (tertiary/aromatic N) is 1. The fourth-order valence-corrected chi connectivity index (χ4v) is 2.21. The number of primary amides is 1. The maximum atomic E-state index is 12.4. The van der Waals surface area contributed by atoms with Crippen LogP contribution in [0.5, 0.6) is 5.75 Å². The van der Waals surface area contributed by atoms with Crippen molar-refractivity contribution in [2.75, 3.05) is 11.9 Å². The number of benzene rings is 2. The van der Waals surface area contributed by atoms with Gasteiger partial charge >= 0.3 is 0 Å². The fraction of sp³-hybridized carbons (Fsp3) is 0.150. The predicted octanol–water partition coefficient (Wildman–Crippen LogP) is 2.71. The van der Waals surface area contributed by atoms with Crippen LogP contribution in [0.15, 0.2) is 48.0 Å². The molecule has 0 bridgehead atoms. The van der Waals surface area contributed by atoms with Crippen LogP contribution in [0.1, 0.15) is 16.7 Å². The number of aryl methyl sites for hydroxylation is 1. The highest BCUT2D eigenvalue weighted by Gasteiger charge is 2.11. The topological polar surface area (TPSA) is 105 Å². The van der Waals surface area contributed by atoms with Crippen molar-refractivity contribution in [2.24, 2.45) is 5.73 Å². The van der Waals surface area contributed by atoms with E-state index in [1.807, 2.05) is 32.0 Å². The third-order valence-corrected chi connectivity index (χ3v) is 3.79. The van der Waals surface area contributed by atoms with Gasteiger partial charge in [0.05, 0.1) is 0 Å². The first-order chi connectivity index (χ1) is 12.4. The standard InChI is InChI=1S/C20H19N3O3/c1-13-4-3-5-18(14(13)2)23-20(25)16(11-21)10-15-6-8-17(9-7-15)26-12-19(22)24/h3-10H,12H2,1-2H3,(H2,22,24)(H,23,25)/b16-10-. The first kappa shape index (κ1) is 18.7. The molecule has 132 valence electrons. The molecule has 26 heavy (non-hydrogen) atoms. The van der Waals surface area contributed by atoms with Crippen LogP contribution >= 0.6 is 0 Å². The number of carbonyl (C=O) groups is 2. The van der Waals surface area contributed by atoms with Gasteiger partial charge < -0.3 is 15.8 Å². The van der Waals surface area contributed by atoms with Gasteiger partial charge in [-0.3, -0.25) is 9.59 Å². The summed E-state index contributed by atoms with van der Waals surface area (Å²) in [6.45, 7) is 3.65. The zero-order valence-electron chi connectivity index (χ0n) is 14.6. The van der Waals surface area contributed by atoms with Gasteiger partial charge in [0.25, 0.3) is 11.8 Å². The third kappa shape index (κ3) is 4.95. The molecule has 0 spiro atoms. The first-order valence-electron chi connectivity index (χ1n) is 7.91. The molecule has 0 aliphatic rings. The highest BCUT2D eigenvalue weighted by atomic mass is 16.5. The average molecular weight is 349 g/mol. The lowest BCUT2D eigenvalue weighted by molar-refractivity contribution is -0.120. The molecule has 0 aliphatic carbocycles. The number of rotatable bonds is 6. The SMILES string of the molecule is Cc1cccc(NC(=O)/C(C#N)=C\c2ccc(OCC(N)=O)cc2)c1C. The Labute approximate surface area is 151 Å². The van der Waals surface area contributed by atoms with Gasteiger partial charge in [-0.1, -0.05) is 24.3 Å². The highest BCUT2D eigenvalue weighted by molar-refractivity contribution is 6.10. The van der Waals surface area contributed by atoms with Crippen molar-refractivity contribution < 1.29 is 14.3 Å². The predicted molar refractivity (Wildman–Crippen MR) is 99.3 cm³/mol. The number of anilines is 1. The normalized spacial score (nSPS) is 10.7. The summed E-state index contributed by atoms with van der Waals surface area (Å²) < 4.78 is 5.17. The Kier molecular flexibility index (Phi) is 6.12. The second-order valence-electron chi connectivity index (χ2n) is 5.70. The number of nitrogens with two attached hydrogens (primary N) is 1. The van der Waals surface area contributed by atoms with Crippen LogP contribution in [0.25, 0.3) is 6.08 Å². The van der Waals surface area contributed by atoms with E-state index in [-0.39, 0.29) is 12.2 Å². The van der Waals surface area contributed by atoms with Crippen molar-refractivity contribution in [3.63, 3.8) is 0 Å². The summed E-state index contributed by atoms with van der Waals surface area (Å²) >= 11 is 0. The Bertz CT molecular complexity index is 894. The lowest BCUT2D eigenvalue weighted by atomic mass is 10.1. The van der Waals surface area contributed by atoms with Crippen LogP contribution in [0, 0.1) is 25.2 Å². The molecule has 0 aromatic heterocycles. The Morgan fingerprint density at radius 1 is 1.19 bits per heavy atom. The smallest absolute Gasteiger partial charge is 0.266 e. The number of hydrogen-bond donors (Lipinski definition) is 2. The van der Waals surface area contributed by atoms with E-state index in [0.29, 0.717) is 17.0 Å². The molecule has 0 atom stereocenters. The average Bonchev–Trinajstić information content (AvgIpc) is 2.62. The Hall–Kier alpha value is -3.59. The minimum Gasteiger partial charge on any atom is -0.484 e. The van der Waals surface area contributed by atoms with Gasteiger partial charge in [-0.2, -0.15) is 5.26 Å². The van der Waals surface area contributed by atoms with E-state index in [2.05, 4.69) is 5.32 Å². The minimum atomic E-state index is -0.566. The monoisotopic (exact) mass is 349 g/mol. The molecule has 0 radical (unpaired) electrons. The second-order valence-corrected chi connectivity index (χ2v) is 5.70. The zero-order valence-corrected chi connectivity index (χ0v) is 14.6. The fourth-order valence-electron chi connectivity index (χ4n) is 2.21. The molecule has 2 aromatic rings. The summed E-state index contributed by atoms with van der Waals surface area (Å²) in [6.07, 6.45) is 1.48. The molecule has 0 unspecified atom stereocenters. The van der Waals surface area contributed by atoms with Crippen molar-refractivity contribution in [1.82, 2.24) is 0 Å². The number of carbonyl (C=O) groups excluding carboxylic acids is 2. The summed E-state index contributed by atoms with van der Waals surface area (Å²) in [5.41, 5.74) is 8.33. The minimum absolute atomic E-state index is 0.0169. The quantitative estimate of drug-likeness (QED) is 0.618. The molecule has 3 N–H and O–H groups in total. The lowest BCUT2D eigenvalue weighted by Crippen LogP contribution is -2.19. The van der Waals surface area contributed by atoms with Gasteiger partial charge in [-0.15, -0.1) is 0 Å². The van der Waals surface area contributed by atoms with Crippen LogP contribution in [-0.4, -0.2) is 18.4 Å². The van der Waals surface area contributed by atoms with E-state index in [1.54, 1.807) is 30.3 Å². The maximum absolute atomic E-state index is 12.4. The Morgan fingerprint density at radius 3 is 2.50 bits per heavy atom. The van der Waals surface area contributed by atoms with Crippen molar-refractivity contribution in [3.05, 3.63) is 64.7 Å². The third-order valence-electron chi connectivity index (χ3n) is 3.79. The highest BCUT2D eigenvalue weighted by Crippen LogP contribution is 2.19. The van der Waals surface area contributed by atoms with Crippen molar-refractivity contribution in [2.45, 2.75) is 13.8 Å². The first-order valence-corrected chi connectivity index (χ1v) is 7.91. The molecule has 6 heteroatoms. The van der Waals surface area contributed by atoms with Crippen LogP contribution in [-0.2, 0) is 9.59 Å². The molecule has 0 saturated heterocycles. The summed E-state index contributed by atoms with van der Waals surface area (Å²) in [6, 6.07) is 14.1. The van der Waals surface area contributed by atoms with Crippen LogP contribution in [0.3, 0.4) is 0 Å². The van der Waals surface area contributed by atoms with Crippen LogP contribution in [0.4, 0.5) is 5.69 Å². The van der Waals surface area contributed by atoms with Gasteiger partial charge in [0, 0.05) is 5.69 Å². The Balaban J connectivity index is 2.14. The van der Waals surface area contributed by atoms with Crippen LogP contribution in [0.2, 0.25) is 0 Å². The molecule has 2 amide bonds. The van der Waals surface area contributed by atoms with Crippen molar-refractivity contribution >= 4 is 23.6 Å². The largest absolute Gasteiger partial charge is 0.484 e. The maximum Gasteiger partial charge on any atom is 0.266 e. The van der Waals surface area contributed by atoms with Crippen molar-refractivity contribution in [1.29, 1.82) is 5.26 Å². The van der Waals surface area contributed by atoms with Crippen molar-refractivity contribution in [3.8, 4) is 11.8 Å². The van der Waals surface area contributed by atoms with E-state index in [9.17, 15) is 14.9 Å². The molecule has 0 aliphatic heterocycles. The number of amides is 2. The lowest BCUT2D eigenvalue weighted by Gasteiger charge is -2.10. The molecule has 0 heterocycles.